The van der Waals surface area contributed by atoms with E-state index in [0.717, 1.165) is 5.56 Å². The molecule has 0 atom stereocenters. The van der Waals surface area contributed by atoms with E-state index in [2.05, 4.69) is 0 Å². The fraction of sp³-hybridized carbons (Fsp3) is 0.211. The predicted molar refractivity (Wildman–Crippen MR) is 110 cm³/mol. The third-order valence-electron chi connectivity index (χ3n) is 3.52. The number of ether oxygens (including phenoxy) is 1. The smallest absolute Gasteiger partial charge is 0.331 e. The third-order valence-corrected chi connectivity index (χ3v) is 4.52. The molecular formula is C19H16ClIN2O4. The van der Waals surface area contributed by atoms with Crippen LogP contribution in [0.5, 0.6) is 0 Å². The number of esters is 1. The molecular weight excluding hydrogens is 483 g/mol. The Balaban J connectivity index is 2.00. The predicted octanol–water partition coefficient (Wildman–Crippen LogP) is 4.35. The van der Waals surface area contributed by atoms with Gasteiger partial charge >= 0.3 is 5.97 Å². The molecule has 0 N–H and O–H groups in total. The van der Waals surface area contributed by atoms with Crippen molar-refractivity contribution in [3.05, 3.63) is 56.5 Å². The maximum atomic E-state index is 12.5. The summed E-state index contributed by atoms with van der Waals surface area (Å²) in [7, 11) is 0. The molecule has 1 heterocycles. The molecule has 2 rings (SSSR count). The van der Waals surface area contributed by atoms with Gasteiger partial charge in [-0.2, -0.15) is 5.26 Å². The molecule has 0 saturated carbocycles. The highest BCUT2D eigenvalue weighted by molar-refractivity contribution is 14.1. The minimum Gasteiger partial charge on any atom is -0.452 e. The molecule has 0 aliphatic heterocycles. The van der Waals surface area contributed by atoms with Crippen LogP contribution in [0.25, 0.3) is 6.08 Å². The molecule has 0 saturated heterocycles. The summed E-state index contributed by atoms with van der Waals surface area (Å²) in [5, 5.41) is 9.41. The highest BCUT2D eigenvalue weighted by Crippen LogP contribution is 2.23. The van der Waals surface area contributed by atoms with Crippen LogP contribution in [0.3, 0.4) is 0 Å². The molecule has 0 radical (unpaired) electrons. The first-order valence-electron chi connectivity index (χ1n) is 7.94. The number of hydrogen-bond acceptors (Lipinski definition) is 5. The van der Waals surface area contributed by atoms with Crippen LogP contribution in [0.4, 0.5) is 5.69 Å². The summed E-state index contributed by atoms with van der Waals surface area (Å²) < 4.78 is 11.0. The van der Waals surface area contributed by atoms with E-state index in [1.54, 1.807) is 30.3 Å². The van der Waals surface area contributed by atoms with Crippen LogP contribution in [0.1, 0.15) is 17.7 Å². The van der Waals surface area contributed by atoms with Crippen molar-refractivity contribution in [3.63, 3.8) is 0 Å². The Bertz CT molecular complexity index is 901. The van der Waals surface area contributed by atoms with E-state index in [0.29, 0.717) is 20.2 Å². The number of hydrogen-bond donors (Lipinski definition) is 0. The van der Waals surface area contributed by atoms with Crippen molar-refractivity contribution in [3.8, 4) is 6.07 Å². The summed E-state index contributed by atoms with van der Waals surface area (Å²) >= 11 is 8.03. The van der Waals surface area contributed by atoms with Crippen LogP contribution in [-0.4, -0.2) is 25.0 Å². The normalized spacial score (nSPS) is 10.6. The largest absolute Gasteiger partial charge is 0.452 e. The second kappa shape index (κ2) is 10.1. The van der Waals surface area contributed by atoms with Crippen LogP contribution in [-0.2, 0) is 14.3 Å². The van der Waals surface area contributed by atoms with Crippen molar-refractivity contribution in [2.45, 2.75) is 13.3 Å². The maximum Gasteiger partial charge on any atom is 0.331 e. The van der Waals surface area contributed by atoms with Crippen molar-refractivity contribution in [2.75, 3.05) is 18.1 Å². The van der Waals surface area contributed by atoms with Gasteiger partial charge in [-0.05, 0) is 71.5 Å². The van der Waals surface area contributed by atoms with E-state index in [9.17, 15) is 9.59 Å². The number of halogens is 2. The average Bonchev–Trinajstić information content (AvgIpc) is 3.06. The van der Waals surface area contributed by atoms with Gasteiger partial charge in [0.2, 0.25) is 0 Å². The van der Waals surface area contributed by atoms with E-state index in [1.807, 2.05) is 35.6 Å². The Morgan fingerprint density at radius 2 is 2.15 bits per heavy atom. The van der Waals surface area contributed by atoms with Gasteiger partial charge in [0.25, 0.3) is 5.91 Å². The lowest BCUT2D eigenvalue weighted by Crippen LogP contribution is -2.35. The minimum absolute atomic E-state index is 0.151. The number of benzene rings is 1. The minimum atomic E-state index is -0.665. The summed E-state index contributed by atoms with van der Waals surface area (Å²) in [6.45, 7) is 1.57. The first-order valence-corrected chi connectivity index (χ1v) is 9.40. The average molecular weight is 499 g/mol. The summed E-state index contributed by atoms with van der Waals surface area (Å²) in [5.74, 6) is -0.585. The number of carbonyl (C=O) groups excluding carboxylic acids is 2. The lowest BCUT2D eigenvalue weighted by atomic mass is 10.2. The van der Waals surface area contributed by atoms with Crippen LogP contribution in [0, 0.1) is 22.0 Å². The number of aryl methyl sites for hydroxylation is 1. The van der Waals surface area contributed by atoms with Gasteiger partial charge in [-0.1, -0.05) is 11.6 Å². The van der Waals surface area contributed by atoms with Gasteiger partial charge in [0.15, 0.2) is 10.4 Å². The molecule has 140 valence electrons. The highest BCUT2D eigenvalue weighted by Gasteiger charge is 2.17. The Morgan fingerprint density at radius 3 is 2.78 bits per heavy atom. The molecule has 6 nitrogen and oxygen atoms in total. The van der Waals surface area contributed by atoms with Crippen LogP contribution in [0.2, 0.25) is 5.02 Å². The quantitative estimate of drug-likeness (QED) is 0.322. The van der Waals surface area contributed by atoms with Gasteiger partial charge in [0.05, 0.1) is 12.5 Å². The van der Waals surface area contributed by atoms with Crippen LogP contribution in [0.15, 0.2) is 40.8 Å². The Labute approximate surface area is 175 Å². The van der Waals surface area contributed by atoms with Crippen molar-refractivity contribution in [1.29, 1.82) is 5.26 Å². The summed E-state index contributed by atoms with van der Waals surface area (Å²) in [5.41, 5.74) is 1.39. The monoisotopic (exact) mass is 498 g/mol. The van der Waals surface area contributed by atoms with Crippen molar-refractivity contribution < 1.29 is 18.7 Å². The molecule has 0 unspecified atom stereocenters. The lowest BCUT2D eigenvalue weighted by Gasteiger charge is -2.22. The Morgan fingerprint density at radius 1 is 1.37 bits per heavy atom. The molecule has 0 aliphatic rings. The number of rotatable bonds is 7. The number of anilines is 1. The summed E-state index contributed by atoms with van der Waals surface area (Å²) in [4.78, 5) is 25.7. The summed E-state index contributed by atoms with van der Waals surface area (Å²) in [6.07, 6.45) is 2.80. The molecule has 0 spiro atoms. The SMILES string of the molecule is Cc1cc(N(CCC#N)C(=O)COC(=O)/C=C/c2ccc(I)o2)ccc1Cl. The topological polar surface area (TPSA) is 83.5 Å². The second-order valence-corrected chi connectivity index (χ2v) is 6.94. The lowest BCUT2D eigenvalue weighted by molar-refractivity contribution is -0.142. The van der Waals surface area contributed by atoms with E-state index in [1.165, 1.54) is 17.1 Å². The Kier molecular flexibility index (Phi) is 7.88. The van der Waals surface area contributed by atoms with Crippen molar-refractivity contribution >= 4 is 57.8 Å². The van der Waals surface area contributed by atoms with Crippen LogP contribution < -0.4 is 4.90 Å². The van der Waals surface area contributed by atoms with Crippen molar-refractivity contribution in [1.82, 2.24) is 0 Å². The molecule has 0 bridgehead atoms. The first kappa shape index (κ1) is 21.0. The summed E-state index contributed by atoms with van der Waals surface area (Å²) in [6, 6.07) is 10.6. The molecule has 1 aromatic carbocycles. The van der Waals surface area contributed by atoms with Crippen LogP contribution >= 0.6 is 34.2 Å². The van der Waals surface area contributed by atoms with E-state index >= 15 is 0 Å². The Hall–Kier alpha value is -2.31. The van der Waals surface area contributed by atoms with Gasteiger partial charge < -0.3 is 14.1 Å². The molecule has 27 heavy (non-hydrogen) atoms. The second-order valence-electron chi connectivity index (χ2n) is 5.47. The van der Waals surface area contributed by atoms with Crippen molar-refractivity contribution in [2.24, 2.45) is 0 Å². The van der Waals surface area contributed by atoms with E-state index in [4.69, 9.17) is 26.0 Å². The molecule has 8 heteroatoms. The number of nitrogens with zero attached hydrogens (tertiary/aromatic N) is 2. The maximum absolute atomic E-state index is 12.5. The van der Waals surface area contributed by atoms with Gasteiger partial charge in [0.1, 0.15) is 5.76 Å². The van der Waals surface area contributed by atoms with Gasteiger partial charge in [-0.15, -0.1) is 0 Å². The molecule has 0 aliphatic carbocycles. The fourth-order valence-electron chi connectivity index (χ4n) is 2.18. The van der Waals surface area contributed by atoms with E-state index in [-0.39, 0.29) is 13.0 Å². The van der Waals surface area contributed by atoms with E-state index < -0.39 is 18.5 Å². The zero-order chi connectivity index (χ0) is 19.8. The molecule has 1 aromatic heterocycles. The third kappa shape index (κ3) is 6.41. The standard InChI is InChI=1S/C19H16ClIN2O4/c1-13-11-14(3-6-16(13)20)23(10-2-9-22)18(24)12-26-19(25)8-5-15-4-7-17(21)27-15/h3-8,11H,2,10,12H2,1H3/b8-5+. The fourth-order valence-corrected chi connectivity index (χ4v) is 2.73. The first-order chi connectivity index (χ1) is 12.9. The number of nitriles is 1. The molecule has 2 aromatic rings. The highest BCUT2D eigenvalue weighted by atomic mass is 127. The molecule has 1 amide bonds. The zero-order valence-corrected chi connectivity index (χ0v) is 17.4. The van der Waals surface area contributed by atoms with Gasteiger partial charge in [-0.25, -0.2) is 4.79 Å². The number of furan rings is 1. The van der Waals surface area contributed by atoms with Gasteiger partial charge in [0, 0.05) is 23.3 Å². The molecule has 0 fully saturated rings. The number of carbonyl (C=O) groups is 2. The zero-order valence-electron chi connectivity index (χ0n) is 14.4. The number of amides is 1. The van der Waals surface area contributed by atoms with Gasteiger partial charge in [-0.3, -0.25) is 4.79 Å².